The molecule has 1 N–H and O–H groups in total. The first-order chi connectivity index (χ1) is 8.31. The quantitative estimate of drug-likeness (QED) is 0.837. The molecule has 1 atom stereocenters. The van der Waals surface area contributed by atoms with Crippen molar-refractivity contribution in [2.45, 2.75) is 39.2 Å². The van der Waals surface area contributed by atoms with Crippen LogP contribution < -0.4 is 5.32 Å². The molecule has 0 radical (unpaired) electrons. The van der Waals surface area contributed by atoms with E-state index < -0.39 is 6.04 Å². The first-order valence-corrected chi connectivity index (χ1v) is 6.17. The molecule has 1 rings (SSSR count). The van der Waals surface area contributed by atoms with Crippen LogP contribution in [0.4, 0.5) is 0 Å². The summed E-state index contributed by atoms with van der Waals surface area (Å²) in [7, 11) is 3.17. The highest BCUT2D eigenvalue weighted by atomic mass is 16.5. The molecule has 0 heterocycles. The molecule has 18 heavy (non-hydrogen) atoms. The highest BCUT2D eigenvalue weighted by Gasteiger charge is 2.22. The third-order valence-electron chi connectivity index (χ3n) is 3.17. The van der Waals surface area contributed by atoms with Crippen LogP contribution >= 0.6 is 0 Å². The van der Waals surface area contributed by atoms with Gasteiger partial charge < -0.3 is 10.1 Å². The molecular weight excluding hydrogens is 226 g/mol. The maximum Gasteiger partial charge on any atom is 0.327 e. The fraction of sp³-hybridized carbons (Fsp3) is 0.533. The summed E-state index contributed by atoms with van der Waals surface area (Å²) in [5.41, 5.74) is 3.46. The molecule has 1 aromatic rings. The molecule has 0 bridgehead atoms. The number of ether oxygens (including phenoxy) is 1. The Morgan fingerprint density at radius 3 is 2.33 bits per heavy atom. The third-order valence-corrected chi connectivity index (χ3v) is 3.17. The average molecular weight is 249 g/mol. The van der Waals surface area contributed by atoms with E-state index in [1.54, 1.807) is 7.05 Å². The Bertz CT molecular complexity index is 433. The van der Waals surface area contributed by atoms with Gasteiger partial charge in [0, 0.05) is 0 Å². The Morgan fingerprint density at radius 1 is 1.33 bits per heavy atom. The summed E-state index contributed by atoms with van der Waals surface area (Å²) in [5, 5.41) is 2.99. The fourth-order valence-corrected chi connectivity index (χ4v) is 1.98. The topological polar surface area (TPSA) is 38.3 Å². The molecule has 100 valence electrons. The molecule has 0 spiro atoms. The number of nitrogens with one attached hydrogen (secondary N) is 1. The van der Waals surface area contributed by atoms with Crippen molar-refractivity contribution in [1.82, 2.24) is 5.32 Å². The van der Waals surface area contributed by atoms with Crippen LogP contribution in [0.25, 0.3) is 0 Å². The Morgan fingerprint density at radius 2 is 1.94 bits per heavy atom. The van der Waals surface area contributed by atoms with Crippen LogP contribution in [-0.4, -0.2) is 20.1 Å². The summed E-state index contributed by atoms with van der Waals surface area (Å²) >= 11 is 0. The number of hydrogen-bond donors (Lipinski definition) is 1. The minimum Gasteiger partial charge on any atom is -0.468 e. The van der Waals surface area contributed by atoms with Crippen LogP contribution in [0.2, 0.25) is 0 Å². The van der Waals surface area contributed by atoms with E-state index in [0.717, 1.165) is 11.1 Å². The second-order valence-electron chi connectivity index (χ2n) is 5.57. The van der Waals surface area contributed by atoms with Gasteiger partial charge in [-0.05, 0) is 36.1 Å². The average Bonchev–Trinajstić information content (AvgIpc) is 2.30. The van der Waals surface area contributed by atoms with Crippen molar-refractivity contribution in [3.63, 3.8) is 0 Å². The maximum atomic E-state index is 11.7. The minimum absolute atomic E-state index is 0.115. The maximum absolute atomic E-state index is 11.7. The number of methoxy groups -OCH3 is 1. The number of benzene rings is 1. The van der Waals surface area contributed by atoms with Gasteiger partial charge in [-0.1, -0.05) is 39.0 Å². The molecule has 0 aliphatic heterocycles. The van der Waals surface area contributed by atoms with Crippen molar-refractivity contribution < 1.29 is 9.53 Å². The second kappa shape index (κ2) is 5.53. The largest absolute Gasteiger partial charge is 0.468 e. The third kappa shape index (κ3) is 3.10. The van der Waals surface area contributed by atoms with E-state index >= 15 is 0 Å². The van der Waals surface area contributed by atoms with Gasteiger partial charge in [0.15, 0.2) is 0 Å². The van der Waals surface area contributed by atoms with Gasteiger partial charge in [0.1, 0.15) is 6.04 Å². The van der Waals surface area contributed by atoms with Gasteiger partial charge in [-0.25, -0.2) is 4.79 Å². The number of likely N-dealkylation sites (N-methyl/N-ethyl adjacent to an activating group) is 1. The molecule has 1 unspecified atom stereocenters. The SMILES string of the molecule is CNC(C(=O)OC)c1ccc(C(C)(C)C)cc1C. The Hall–Kier alpha value is -1.35. The molecular formula is C15H23NO2. The molecule has 0 aliphatic carbocycles. The molecule has 0 aliphatic rings. The zero-order chi connectivity index (χ0) is 13.9. The van der Waals surface area contributed by atoms with Gasteiger partial charge in [0.25, 0.3) is 0 Å². The van der Waals surface area contributed by atoms with E-state index in [4.69, 9.17) is 4.74 Å². The van der Waals surface area contributed by atoms with Gasteiger partial charge in [0.2, 0.25) is 0 Å². The van der Waals surface area contributed by atoms with Crippen molar-refractivity contribution in [1.29, 1.82) is 0 Å². The van der Waals surface area contributed by atoms with E-state index in [2.05, 4.69) is 38.2 Å². The fourth-order valence-electron chi connectivity index (χ4n) is 1.98. The molecule has 0 aromatic heterocycles. The number of esters is 1. The molecule has 1 aromatic carbocycles. The first kappa shape index (κ1) is 14.7. The van der Waals surface area contributed by atoms with Crippen molar-refractivity contribution in [2.75, 3.05) is 14.2 Å². The number of carbonyl (C=O) groups is 1. The highest BCUT2D eigenvalue weighted by Crippen LogP contribution is 2.27. The predicted molar refractivity (Wildman–Crippen MR) is 73.7 cm³/mol. The van der Waals surface area contributed by atoms with Crippen molar-refractivity contribution >= 4 is 5.97 Å². The Kier molecular flexibility index (Phi) is 4.52. The second-order valence-corrected chi connectivity index (χ2v) is 5.57. The summed E-state index contributed by atoms with van der Waals surface area (Å²) < 4.78 is 4.81. The predicted octanol–water partition coefficient (Wildman–Crippen LogP) is 2.73. The van der Waals surface area contributed by atoms with Crippen LogP contribution in [0.3, 0.4) is 0 Å². The van der Waals surface area contributed by atoms with E-state index in [-0.39, 0.29) is 11.4 Å². The van der Waals surface area contributed by atoms with E-state index in [0.29, 0.717) is 0 Å². The summed E-state index contributed by atoms with van der Waals surface area (Å²) in [6.45, 7) is 8.56. The van der Waals surface area contributed by atoms with E-state index in [1.807, 2.05) is 13.0 Å². The summed E-state index contributed by atoms with van der Waals surface area (Å²) in [6.07, 6.45) is 0. The molecule has 0 fully saturated rings. The monoisotopic (exact) mass is 249 g/mol. The number of aryl methyl sites for hydroxylation is 1. The van der Waals surface area contributed by atoms with Crippen LogP contribution in [-0.2, 0) is 14.9 Å². The lowest BCUT2D eigenvalue weighted by Crippen LogP contribution is -2.27. The molecule has 0 saturated carbocycles. The standard InChI is InChI=1S/C15H23NO2/c1-10-9-11(15(2,3)4)7-8-12(10)13(16-5)14(17)18-6/h7-9,13,16H,1-6H3. The highest BCUT2D eigenvalue weighted by molar-refractivity contribution is 5.78. The Labute approximate surface area is 110 Å². The molecule has 3 heteroatoms. The van der Waals surface area contributed by atoms with Crippen LogP contribution in [0, 0.1) is 6.92 Å². The van der Waals surface area contributed by atoms with Gasteiger partial charge in [-0.3, -0.25) is 0 Å². The minimum atomic E-state index is -0.399. The lowest BCUT2D eigenvalue weighted by atomic mass is 9.84. The lowest BCUT2D eigenvalue weighted by molar-refractivity contribution is -0.143. The molecule has 0 amide bonds. The zero-order valence-electron chi connectivity index (χ0n) is 12.1. The number of carbonyl (C=O) groups excluding carboxylic acids is 1. The van der Waals surface area contributed by atoms with Gasteiger partial charge >= 0.3 is 5.97 Å². The van der Waals surface area contributed by atoms with Gasteiger partial charge in [-0.2, -0.15) is 0 Å². The summed E-state index contributed by atoms with van der Waals surface area (Å²) in [6, 6.07) is 5.83. The first-order valence-electron chi connectivity index (χ1n) is 6.17. The van der Waals surface area contributed by atoms with E-state index in [1.165, 1.54) is 12.7 Å². The van der Waals surface area contributed by atoms with Gasteiger partial charge in [-0.15, -0.1) is 0 Å². The lowest BCUT2D eigenvalue weighted by Gasteiger charge is -2.22. The molecule has 3 nitrogen and oxygen atoms in total. The molecule has 0 saturated heterocycles. The van der Waals surface area contributed by atoms with Crippen LogP contribution in [0.15, 0.2) is 18.2 Å². The normalized spacial score (nSPS) is 13.2. The summed E-state index contributed by atoms with van der Waals surface area (Å²) in [4.78, 5) is 11.7. The van der Waals surface area contributed by atoms with Crippen molar-refractivity contribution in [3.05, 3.63) is 34.9 Å². The van der Waals surface area contributed by atoms with Gasteiger partial charge in [0.05, 0.1) is 7.11 Å². The smallest absolute Gasteiger partial charge is 0.327 e. The van der Waals surface area contributed by atoms with E-state index in [9.17, 15) is 4.79 Å². The van der Waals surface area contributed by atoms with Crippen molar-refractivity contribution in [3.8, 4) is 0 Å². The zero-order valence-corrected chi connectivity index (χ0v) is 12.1. The van der Waals surface area contributed by atoms with Crippen LogP contribution in [0.5, 0.6) is 0 Å². The summed E-state index contributed by atoms with van der Waals surface area (Å²) in [5.74, 6) is -0.260. The van der Waals surface area contributed by atoms with Crippen molar-refractivity contribution in [2.24, 2.45) is 0 Å². The van der Waals surface area contributed by atoms with Crippen LogP contribution in [0.1, 0.15) is 43.5 Å². The Balaban J connectivity index is 3.16. The number of rotatable bonds is 3. The number of hydrogen-bond acceptors (Lipinski definition) is 3.